The molecule has 0 rings (SSSR count). The lowest BCUT2D eigenvalue weighted by molar-refractivity contribution is -0.934. The van der Waals surface area contributed by atoms with Gasteiger partial charge in [0.15, 0.2) is 0 Å². The summed E-state index contributed by atoms with van der Waals surface area (Å²) in [6.45, 7) is 13.7. The van der Waals surface area contributed by atoms with Gasteiger partial charge in [0.1, 0.15) is 0 Å². The molecule has 0 aromatic heterocycles. The maximum Gasteiger partial charge on any atom is 0.0834 e. The van der Waals surface area contributed by atoms with Crippen LogP contribution in [0.15, 0.2) is 0 Å². The highest BCUT2D eigenvalue weighted by atomic mass is 16.3. The summed E-state index contributed by atoms with van der Waals surface area (Å²) in [6.07, 6.45) is 4.90. The molecule has 0 aromatic carbocycles. The number of aliphatic hydroxyl groups excluding tert-OH is 2. The standard InChI is InChI=1S/C16H36NO2/c1-5-7-9-17(10-8-6-2,11-15(3)13-18)12-16(4)14-19/h15-16,18-19H,5-14H2,1-4H3/q+1. The van der Waals surface area contributed by atoms with E-state index in [2.05, 4.69) is 27.7 Å². The van der Waals surface area contributed by atoms with Gasteiger partial charge in [-0.25, -0.2) is 0 Å². The Kier molecular flexibility index (Phi) is 10.6. The van der Waals surface area contributed by atoms with Crippen molar-refractivity contribution in [1.82, 2.24) is 0 Å². The Morgan fingerprint density at radius 3 is 1.42 bits per heavy atom. The van der Waals surface area contributed by atoms with E-state index in [0.29, 0.717) is 11.8 Å². The third-order valence-electron chi connectivity index (χ3n) is 3.99. The summed E-state index contributed by atoms with van der Waals surface area (Å²) in [6, 6.07) is 0. The summed E-state index contributed by atoms with van der Waals surface area (Å²) in [5, 5.41) is 18.8. The Morgan fingerprint density at radius 2 is 1.16 bits per heavy atom. The van der Waals surface area contributed by atoms with E-state index >= 15 is 0 Å². The normalized spacial score (nSPS) is 15.5. The van der Waals surface area contributed by atoms with Crippen LogP contribution in [0.1, 0.15) is 53.4 Å². The van der Waals surface area contributed by atoms with Crippen molar-refractivity contribution in [2.24, 2.45) is 11.8 Å². The number of aliphatic hydroxyl groups is 2. The van der Waals surface area contributed by atoms with Gasteiger partial charge in [-0.3, -0.25) is 0 Å². The van der Waals surface area contributed by atoms with Crippen molar-refractivity contribution in [2.45, 2.75) is 53.4 Å². The highest BCUT2D eigenvalue weighted by Crippen LogP contribution is 2.19. The second kappa shape index (κ2) is 10.6. The van der Waals surface area contributed by atoms with Crippen molar-refractivity contribution in [3.8, 4) is 0 Å². The number of hydrogen-bond donors (Lipinski definition) is 2. The lowest BCUT2D eigenvalue weighted by Gasteiger charge is -2.42. The third-order valence-corrected chi connectivity index (χ3v) is 3.99. The molecule has 19 heavy (non-hydrogen) atoms. The van der Waals surface area contributed by atoms with Gasteiger partial charge in [0.25, 0.3) is 0 Å². The van der Waals surface area contributed by atoms with Crippen molar-refractivity contribution in [2.75, 3.05) is 39.4 Å². The van der Waals surface area contributed by atoms with Crippen LogP contribution in [0.2, 0.25) is 0 Å². The molecule has 0 spiro atoms. The van der Waals surface area contributed by atoms with Crippen molar-refractivity contribution in [1.29, 1.82) is 0 Å². The molecule has 0 fully saturated rings. The van der Waals surface area contributed by atoms with Crippen molar-refractivity contribution in [3.63, 3.8) is 0 Å². The molecule has 0 aliphatic rings. The average Bonchev–Trinajstić information content (AvgIpc) is 2.42. The first-order valence-electron chi connectivity index (χ1n) is 8.10. The minimum atomic E-state index is 0.270. The van der Waals surface area contributed by atoms with Gasteiger partial charge in [-0.15, -0.1) is 0 Å². The second-order valence-corrected chi connectivity index (χ2v) is 6.44. The second-order valence-electron chi connectivity index (χ2n) is 6.44. The number of rotatable bonds is 12. The summed E-state index contributed by atoms with van der Waals surface area (Å²) >= 11 is 0. The molecule has 0 amide bonds. The maximum atomic E-state index is 9.38. The van der Waals surface area contributed by atoms with Crippen LogP contribution in [-0.4, -0.2) is 54.1 Å². The van der Waals surface area contributed by atoms with Crippen LogP contribution in [0.5, 0.6) is 0 Å². The molecule has 0 aromatic rings. The van der Waals surface area contributed by atoms with Crippen LogP contribution >= 0.6 is 0 Å². The summed E-state index contributed by atoms with van der Waals surface area (Å²) in [5.41, 5.74) is 0. The zero-order valence-corrected chi connectivity index (χ0v) is 13.6. The smallest absolute Gasteiger partial charge is 0.0834 e. The maximum absolute atomic E-state index is 9.38. The monoisotopic (exact) mass is 274 g/mol. The van der Waals surface area contributed by atoms with Crippen LogP contribution in [0.4, 0.5) is 0 Å². The van der Waals surface area contributed by atoms with Crippen LogP contribution in [-0.2, 0) is 0 Å². The van der Waals surface area contributed by atoms with Crippen molar-refractivity contribution >= 4 is 0 Å². The molecular formula is C16H36NO2+. The van der Waals surface area contributed by atoms with E-state index < -0.39 is 0 Å². The van der Waals surface area contributed by atoms with Crippen molar-refractivity contribution < 1.29 is 14.7 Å². The van der Waals surface area contributed by atoms with Gasteiger partial charge in [-0.05, 0) is 12.8 Å². The van der Waals surface area contributed by atoms with E-state index in [4.69, 9.17) is 0 Å². The van der Waals surface area contributed by atoms with Gasteiger partial charge in [-0.2, -0.15) is 0 Å². The molecule has 3 nitrogen and oxygen atoms in total. The van der Waals surface area contributed by atoms with Crippen LogP contribution in [0.3, 0.4) is 0 Å². The Bertz CT molecular complexity index is 187. The van der Waals surface area contributed by atoms with E-state index in [9.17, 15) is 10.2 Å². The third kappa shape index (κ3) is 7.91. The van der Waals surface area contributed by atoms with Crippen LogP contribution < -0.4 is 0 Å². The summed E-state index contributed by atoms with van der Waals surface area (Å²) in [7, 11) is 0. The van der Waals surface area contributed by atoms with Gasteiger partial charge in [0.2, 0.25) is 0 Å². The fourth-order valence-corrected chi connectivity index (χ4v) is 2.98. The number of unbranched alkanes of at least 4 members (excludes halogenated alkanes) is 2. The summed E-state index contributed by atoms with van der Waals surface area (Å²) < 4.78 is 1.07. The van der Waals surface area contributed by atoms with Crippen LogP contribution in [0.25, 0.3) is 0 Å². The molecule has 0 saturated heterocycles. The van der Waals surface area contributed by atoms with E-state index in [1.807, 2.05) is 0 Å². The molecule has 116 valence electrons. The minimum absolute atomic E-state index is 0.270. The number of hydrogen-bond acceptors (Lipinski definition) is 2. The lowest BCUT2D eigenvalue weighted by Crippen LogP contribution is -2.54. The average molecular weight is 274 g/mol. The number of quaternary nitrogens is 1. The molecule has 2 unspecified atom stereocenters. The van der Waals surface area contributed by atoms with E-state index in [1.165, 1.54) is 38.8 Å². The summed E-state index contributed by atoms with van der Waals surface area (Å²) in [4.78, 5) is 0. The molecule has 0 bridgehead atoms. The highest BCUT2D eigenvalue weighted by molar-refractivity contribution is 4.57. The fraction of sp³-hybridized carbons (Fsp3) is 1.00. The topological polar surface area (TPSA) is 40.5 Å². The fourth-order valence-electron chi connectivity index (χ4n) is 2.98. The molecular weight excluding hydrogens is 238 g/mol. The Morgan fingerprint density at radius 1 is 0.789 bits per heavy atom. The largest absolute Gasteiger partial charge is 0.396 e. The molecule has 0 aliphatic carbocycles. The first kappa shape index (κ1) is 18.9. The van der Waals surface area contributed by atoms with E-state index in [-0.39, 0.29) is 13.2 Å². The number of nitrogens with zero attached hydrogens (tertiary/aromatic N) is 1. The summed E-state index contributed by atoms with van der Waals surface area (Å²) in [5.74, 6) is 0.694. The quantitative estimate of drug-likeness (QED) is 0.537. The molecule has 0 saturated carbocycles. The lowest BCUT2D eigenvalue weighted by atomic mass is 10.0. The van der Waals surface area contributed by atoms with Crippen LogP contribution in [0, 0.1) is 11.8 Å². The van der Waals surface area contributed by atoms with Gasteiger partial charge < -0.3 is 14.7 Å². The predicted molar refractivity (Wildman–Crippen MR) is 82.0 cm³/mol. The van der Waals surface area contributed by atoms with Gasteiger partial charge in [0, 0.05) is 11.8 Å². The molecule has 2 N–H and O–H groups in total. The zero-order chi connectivity index (χ0) is 14.7. The molecule has 0 heterocycles. The van der Waals surface area contributed by atoms with E-state index in [1.54, 1.807) is 0 Å². The molecule has 3 heteroatoms. The van der Waals surface area contributed by atoms with Gasteiger partial charge in [-0.1, -0.05) is 40.5 Å². The molecule has 0 aliphatic heterocycles. The van der Waals surface area contributed by atoms with E-state index in [0.717, 1.165) is 17.6 Å². The first-order valence-corrected chi connectivity index (χ1v) is 8.10. The van der Waals surface area contributed by atoms with Crippen molar-refractivity contribution in [3.05, 3.63) is 0 Å². The zero-order valence-electron chi connectivity index (χ0n) is 13.6. The minimum Gasteiger partial charge on any atom is -0.396 e. The molecule has 0 radical (unpaired) electrons. The van der Waals surface area contributed by atoms with Gasteiger partial charge in [0.05, 0.1) is 39.4 Å². The predicted octanol–water partition coefficient (Wildman–Crippen LogP) is 2.66. The SMILES string of the molecule is CCCC[N+](CCCC)(CC(C)CO)CC(C)CO. The highest BCUT2D eigenvalue weighted by Gasteiger charge is 2.30. The Hall–Kier alpha value is -0.120. The first-order chi connectivity index (χ1) is 9.03. The Labute approximate surface area is 120 Å². The van der Waals surface area contributed by atoms with Gasteiger partial charge >= 0.3 is 0 Å². The Balaban J connectivity index is 4.82. The molecule has 2 atom stereocenters.